The maximum atomic E-state index is 15.4. The van der Waals surface area contributed by atoms with Crippen molar-refractivity contribution in [3.8, 4) is 11.5 Å². The number of carboxylic acids is 1. The minimum Gasteiger partial charge on any atom is -0.508 e. The van der Waals surface area contributed by atoms with Gasteiger partial charge in [-0.3, -0.25) is 77.8 Å². The number of phenols is 2. The summed E-state index contributed by atoms with van der Waals surface area (Å²) in [5.74, 6) is -15.0. The number of carbonyl (C=O) groups excluding carboxylic acids is 13. The summed E-state index contributed by atoms with van der Waals surface area (Å²) in [5, 5.41) is 83.1. The minimum absolute atomic E-state index is 0.0381. The van der Waals surface area contributed by atoms with Crippen molar-refractivity contribution in [3.63, 3.8) is 0 Å². The van der Waals surface area contributed by atoms with Gasteiger partial charge in [0.05, 0.1) is 43.9 Å². The number of carboxylic acid groups (broad SMARTS) is 1. The van der Waals surface area contributed by atoms with Crippen LogP contribution in [0.4, 0.5) is 0 Å². The van der Waals surface area contributed by atoms with Crippen molar-refractivity contribution in [1.29, 1.82) is 0 Å². The molecule has 6 aromatic carbocycles. The highest BCUT2D eigenvalue weighted by atomic mass is 32.2. The lowest BCUT2D eigenvalue weighted by Crippen LogP contribution is -2.61. The van der Waals surface area contributed by atoms with Crippen molar-refractivity contribution < 1.29 is 92.7 Å². The number of aliphatic hydroxyl groups excluding tert-OH is 2. The molecule has 0 bridgehead atoms. The first-order valence-electron chi connectivity index (χ1n) is 42.6. The number of aliphatic hydroxyl groups is 2. The van der Waals surface area contributed by atoms with E-state index in [4.69, 9.17) is 5.73 Å². The van der Waals surface area contributed by atoms with Crippen LogP contribution < -0.4 is 58.9 Å². The number of H-pyrrole nitrogens is 1. The van der Waals surface area contributed by atoms with Gasteiger partial charge < -0.3 is 98.4 Å². The number of thioether (sulfide) groups is 1. The van der Waals surface area contributed by atoms with Gasteiger partial charge in [-0.25, -0.2) is 0 Å². The molecule has 1 saturated heterocycles. The number of nitrogens with two attached hydrogens (primary N) is 1. The Morgan fingerprint density at radius 3 is 1.44 bits per heavy atom. The molecule has 18 N–H and O–H groups in total. The fourth-order valence-electron chi connectivity index (χ4n) is 14.9. The van der Waals surface area contributed by atoms with E-state index >= 15 is 33.6 Å². The average molecular weight is 1790 g/mol. The number of carbonyl (C=O) groups is 14. The van der Waals surface area contributed by atoms with E-state index in [0.717, 1.165) is 31.4 Å². The quantitative estimate of drug-likeness (QED) is 0.0432. The lowest BCUT2D eigenvalue weighted by molar-refractivity contribution is -0.145. The Kier molecular flexibility index (Phi) is 38.8. The van der Waals surface area contributed by atoms with Gasteiger partial charge in [-0.05, 0) is 94.8 Å². The molecular formula is C92H120N16O19S. The molecule has 8 rings (SSSR count). The highest BCUT2D eigenvalue weighted by molar-refractivity contribution is 8.00. The molecule has 0 radical (unpaired) electrons. The number of aromatic hydroxyl groups is 2. The smallest absolute Gasteiger partial charge is 0.305 e. The minimum atomic E-state index is -1.86. The number of nitrogens with one attached hydrogen (secondary N) is 11. The average Bonchev–Trinajstić information content (AvgIpc) is 1.59. The fourth-order valence-corrected chi connectivity index (χ4v) is 15.7. The van der Waals surface area contributed by atoms with Gasteiger partial charge in [0.25, 0.3) is 0 Å². The van der Waals surface area contributed by atoms with E-state index in [2.05, 4.69) is 58.2 Å². The predicted octanol–water partition coefficient (Wildman–Crippen LogP) is 1.57. The van der Waals surface area contributed by atoms with Crippen LogP contribution in [0.1, 0.15) is 100 Å². The number of nitrogens with zero attached hydrogens (tertiary/aromatic N) is 4. The number of fused-ring (bicyclic) bond motifs is 1. The van der Waals surface area contributed by atoms with Crippen LogP contribution in [-0.4, -0.2) is 271 Å². The second-order valence-electron chi connectivity index (χ2n) is 32.9. The van der Waals surface area contributed by atoms with Crippen molar-refractivity contribution in [2.24, 2.45) is 17.6 Å². The van der Waals surface area contributed by atoms with Gasteiger partial charge >= 0.3 is 5.97 Å². The summed E-state index contributed by atoms with van der Waals surface area (Å²) in [7, 11) is 5.30. The molecular weight excluding hydrogens is 1670 g/mol. The van der Waals surface area contributed by atoms with Gasteiger partial charge in [0.15, 0.2) is 0 Å². The van der Waals surface area contributed by atoms with E-state index in [1.165, 1.54) is 76.7 Å². The van der Waals surface area contributed by atoms with Crippen LogP contribution in [0.2, 0.25) is 0 Å². The molecule has 128 heavy (non-hydrogen) atoms. The lowest BCUT2D eigenvalue weighted by atomic mass is 9.98. The van der Waals surface area contributed by atoms with Crippen LogP contribution in [0, 0.1) is 11.8 Å². The van der Waals surface area contributed by atoms with E-state index < -0.39 is 199 Å². The molecule has 35 nitrogen and oxygen atoms in total. The molecule has 0 aliphatic carbocycles. The second-order valence-corrected chi connectivity index (χ2v) is 34.0. The number of primary amides is 1. The summed E-state index contributed by atoms with van der Waals surface area (Å²) in [5.41, 5.74) is 9.26. The maximum Gasteiger partial charge on any atom is 0.305 e. The second kappa shape index (κ2) is 49.4. The van der Waals surface area contributed by atoms with Crippen molar-refractivity contribution >= 4 is 105 Å². The van der Waals surface area contributed by atoms with Crippen LogP contribution in [0.25, 0.3) is 10.9 Å². The normalized spacial score (nSPS) is 23.2. The number of amides is 13. The number of aromatic amines is 1. The molecule has 2 heterocycles. The van der Waals surface area contributed by atoms with Gasteiger partial charge in [-0.15, -0.1) is 11.8 Å². The molecule has 688 valence electrons. The third-order valence-corrected chi connectivity index (χ3v) is 22.9. The highest BCUT2D eigenvalue weighted by Gasteiger charge is 2.41. The molecule has 13 atom stereocenters. The maximum absolute atomic E-state index is 15.4. The SMILES string of the molecule is CCCC[C@@H]1NC(=O)[C@H](Cc2ccccc2)N(C)C(=O)[C@H](Cc2ccccc2)NC(=O)CSC[C@@H](C(=O)NCC(N)=O)NC(=O)[C@H](CC(C)C)NC(=O)[C@H](Cc2ccc(O)cc2)NC(=O)[C@H](Cc2c[nH]c3ccccc23)NC(O)CN(C)C(=O)[C@H](Cc2ccc(O)cc2)NC(=O)[C@H](Cc2ccccc2)N(C)C(=O)[C@H](C(C)C)NC(=O)[C@H](CC(=O)O)NC(O)CN(C)C1=O. The van der Waals surface area contributed by atoms with Gasteiger partial charge in [-0.1, -0.05) is 181 Å². The molecule has 7 aromatic rings. The van der Waals surface area contributed by atoms with Gasteiger partial charge in [0.1, 0.15) is 78.3 Å². The predicted molar refractivity (Wildman–Crippen MR) is 479 cm³/mol. The van der Waals surface area contributed by atoms with Crippen LogP contribution >= 0.6 is 11.8 Å². The van der Waals surface area contributed by atoms with Gasteiger partial charge in [-0.2, -0.15) is 0 Å². The van der Waals surface area contributed by atoms with Crippen molar-refractivity contribution in [2.75, 3.05) is 59.3 Å². The number of hydrogen-bond donors (Lipinski definition) is 17. The van der Waals surface area contributed by atoms with E-state index in [1.807, 2.05) is 6.92 Å². The van der Waals surface area contributed by atoms with Gasteiger partial charge in [0, 0.05) is 83.1 Å². The van der Waals surface area contributed by atoms with Crippen molar-refractivity contribution in [3.05, 3.63) is 203 Å². The van der Waals surface area contributed by atoms with Crippen LogP contribution in [0.5, 0.6) is 11.5 Å². The summed E-state index contributed by atoms with van der Waals surface area (Å²) >= 11 is 0.837. The number of aromatic nitrogens is 1. The summed E-state index contributed by atoms with van der Waals surface area (Å²) in [6.45, 7) is 6.64. The number of unbranched alkanes of at least 4 members (excludes halogenated alkanes) is 1. The first-order chi connectivity index (χ1) is 60.9. The molecule has 1 aromatic heterocycles. The summed E-state index contributed by atoms with van der Waals surface area (Å²) in [6, 6.07) is 28.0. The third kappa shape index (κ3) is 31.1. The fraction of sp³-hybridized carbons (Fsp3) is 0.435. The summed E-state index contributed by atoms with van der Waals surface area (Å²) in [6.07, 6.45) is -3.25. The number of β-amino-alcohol motifs (C(OH)–C–C–N with tert-alkyl or cyclic N) is 2. The molecule has 2 unspecified atom stereocenters. The molecule has 1 aliphatic rings. The van der Waals surface area contributed by atoms with Crippen molar-refractivity contribution in [1.82, 2.24) is 77.8 Å². The molecule has 13 amide bonds. The first kappa shape index (κ1) is 101. The zero-order valence-electron chi connectivity index (χ0n) is 73.4. The van der Waals surface area contributed by atoms with Gasteiger partial charge in [0.2, 0.25) is 76.8 Å². The van der Waals surface area contributed by atoms with Crippen molar-refractivity contribution in [2.45, 2.75) is 184 Å². The largest absolute Gasteiger partial charge is 0.508 e. The monoisotopic (exact) mass is 1780 g/mol. The standard InChI is InChI=1S/C92H120N16O19S/c1-10-11-30-66-89(124)105(6)50-78(113)97-70(47-80(115)116)86(121)104-81(55(4)5)92(127)108(9)75(45-58-27-19-14-20-28-58)88(123)102-71(43-60-34-38-63(110)39-35-60)90(125)106(7)51-77(112)96-69(46-61-48-94-65-31-22-21-29-64(61)65)85(120)101-68(41-59-32-36-62(109)37-33-59)84(119)100-67(40-54(2)3)83(118)103-73(82(117)95-49-76(93)111)52-128-53-79(114)98-72(42-56-23-15-12-16-24-56)91(126)107(8)74(87(122)99-66)44-57-25-17-13-18-26-57/h12-29,31-39,48,54-55,66-75,77-78,81,94,96-97,109-110,112-113H,10-11,30,40-47,49-53H2,1-9H3,(H2,93,111)(H,95,117)(H,98,114)(H,99,122)(H,100,119)(H,101,120)(H,102,123)(H,103,118)(H,104,121)(H,115,116)/t66-,67-,68-,69-,70-,71-,72-,73-,74-,75-,77?,78?,81-/m0/s1. The van der Waals surface area contributed by atoms with E-state index in [1.54, 1.807) is 149 Å². The Labute approximate surface area is 748 Å². The molecule has 1 fully saturated rings. The first-order valence-corrected chi connectivity index (χ1v) is 43.7. The van der Waals surface area contributed by atoms with E-state index in [9.17, 15) is 59.1 Å². The van der Waals surface area contributed by atoms with E-state index in [-0.39, 0.29) is 74.5 Å². The highest BCUT2D eigenvalue weighted by Crippen LogP contribution is 2.24. The molecule has 0 spiro atoms. The van der Waals surface area contributed by atoms with Crippen LogP contribution in [0.15, 0.2) is 170 Å². The summed E-state index contributed by atoms with van der Waals surface area (Å²) in [4.78, 5) is 213. The Balaban J connectivity index is 1.20. The zero-order chi connectivity index (χ0) is 93.4. The number of para-hydroxylation sites is 1. The lowest BCUT2D eigenvalue weighted by Gasteiger charge is -2.35. The molecule has 1 aliphatic heterocycles. The topological polar surface area (TPSA) is 515 Å². The van der Waals surface area contributed by atoms with Crippen LogP contribution in [-0.2, 0) is 106 Å². The Hall–Kier alpha value is -12.8. The van der Waals surface area contributed by atoms with Crippen LogP contribution in [0.3, 0.4) is 0 Å². The zero-order valence-corrected chi connectivity index (χ0v) is 74.2. The van der Waals surface area contributed by atoms with E-state index in [0.29, 0.717) is 57.1 Å². The third-order valence-electron chi connectivity index (χ3n) is 21.9. The number of hydrogen-bond acceptors (Lipinski definition) is 21. The number of benzene rings is 6. The number of aliphatic carboxylic acids is 1. The number of rotatable bonds is 23. The molecule has 36 heteroatoms. The number of likely N-dealkylation sites (N-methyl/N-ethyl adjacent to an activating group) is 4. The number of phenolic OH excluding ortho intramolecular Hbond substituents is 2. The Morgan fingerprint density at radius 1 is 0.484 bits per heavy atom. The Bertz CT molecular complexity index is 4920. The summed E-state index contributed by atoms with van der Waals surface area (Å²) < 4.78 is 0. The molecule has 0 saturated carbocycles. The Morgan fingerprint density at radius 2 is 0.922 bits per heavy atom.